The average Bonchev–Trinajstić information content (AvgIpc) is 2.73. The Hall–Kier alpha value is -1.63. The molecule has 0 spiro atoms. The molecular formula is C15H23O8P. The highest BCUT2D eigenvalue weighted by Crippen LogP contribution is 2.60. The van der Waals surface area contributed by atoms with Gasteiger partial charge in [0.15, 0.2) is 0 Å². The molecule has 1 aliphatic carbocycles. The molecular weight excluding hydrogens is 339 g/mol. The van der Waals surface area contributed by atoms with Gasteiger partial charge in [-0.3, -0.25) is 4.57 Å². The van der Waals surface area contributed by atoms with Crippen molar-refractivity contribution in [2.45, 2.75) is 33.1 Å². The minimum atomic E-state index is -3.83. The second-order valence-corrected chi connectivity index (χ2v) is 6.86. The Morgan fingerprint density at radius 1 is 1.00 bits per heavy atom. The van der Waals surface area contributed by atoms with Crippen molar-refractivity contribution < 1.29 is 37.8 Å². The summed E-state index contributed by atoms with van der Waals surface area (Å²) in [5.41, 5.74) is -0.680. The van der Waals surface area contributed by atoms with E-state index >= 15 is 0 Å². The van der Waals surface area contributed by atoms with Gasteiger partial charge < -0.3 is 23.6 Å². The summed E-state index contributed by atoms with van der Waals surface area (Å²) in [6.45, 7) is 3.43. The van der Waals surface area contributed by atoms with Crippen LogP contribution in [0.4, 0.5) is 0 Å². The lowest BCUT2D eigenvalue weighted by Gasteiger charge is -2.22. The summed E-state index contributed by atoms with van der Waals surface area (Å²) in [5.74, 6) is -2.16. The Bertz CT molecular complexity index is 595. The van der Waals surface area contributed by atoms with Crippen LogP contribution in [0.1, 0.15) is 33.1 Å². The van der Waals surface area contributed by atoms with Crippen molar-refractivity contribution in [3.63, 3.8) is 0 Å². The van der Waals surface area contributed by atoms with E-state index in [2.05, 4.69) is 4.74 Å². The molecule has 0 radical (unpaired) electrons. The topological polar surface area (TPSA) is 108 Å². The van der Waals surface area contributed by atoms with Crippen LogP contribution >= 0.6 is 7.60 Å². The molecule has 9 heteroatoms. The molecule has 0 aromatic rings. The van der Waals surface area contributed by atoms with Crippen molar-refractivity contribution in [3.8, 4) is 0 Å². The summed E-state index contributed by atoms with van der Waals surface area (Å²) < 4.78 is 33.1. The number of ether oxygens (including phenoxy) is 2. The van der Waals surface area contributed by atoms with E-state index in [1.807, 2.05) is 0 Å². The van der Waals surface area contributed by atoms with Gasteiger partial charge in [-0.15, -0.1) is 0 Å². The number of hydrogen-bond acceptors (Lipinski definition) is 8. The number of rotatable bonds is 7. The fraction of sp³-hybridized carbons (Fsp3) is 0.600. The second kappa shape index (κ2) is 9.01. The van der Waals surface area contributed by atoms with E-state index in [-0.39, 0.29) is 48.3 Å². The van der Waals surface area contributed by atoms with Gasteiger partial charge in [0.2, 0.25) is 0 Å². The second-order valence-electron chi connectivity index (χ2n) is 4.81. The molecule has 24 heavy (non-hydrogen) atoms. The predicted octanol–water partition coefficient (Wildman–Crippen LogP) is 2.85. The van der Waals surface area contributed by atoms with Crippen LogP contribution in [-0.4, -0.2) is 44.5 Å². The summed E-state index contributed by atoms with van der Waals surface area (Å²) in [4.78, 5) is 24.4. The number of methoxy groups -OCH3 is 2. The van der Waals surface area contributed by atoms with E-state index in [9.17, 15) is 19.3 Å². The molecule has 1 N–H and O–H groups in total. The molecule has 0 amide bonds. The Kier molecular flexibility index (Phi) is 7.66. The van der Waals surface area contributed by atoms with Crippen LogP contribution < -0.4 is 0 Å². The maximum Gasteiger partial charge on any atom is 0.358 e. The fourth-order valence-corrected chi connectivity index (χ4v) is 4.39. The van der Waals surface area contributed by atoms with Gasteiger partial charge in [0.1, 0.15) is 11.3 Å². The smallest absolute Gasteiger partial charge is 0.358 e. The third-order valence-corrected chi connectivity index (χ3v) is 5.67. The third kappa shape index (κ3) is 4.26. The lowest BCUT2D eigenvalue weighted by molar-refractivity contribution is -0.139. The van der Waals surface area contributed by atoms with E-state index in [4.69, 9.17) is 13.8 Å². The molecule has 0 atom stereocenters. The number of carbonyl (C=O) groups is 2. The summed E-state index contributed by atoms with van der Waals surface area (Å²) in [7, 11) is -1.60. The summed E-state index contributed by atoms with van der Waals surface area (Å²) >= 11 is 0. The molecule has 1 rings (SSSR count). The largest absolute Gasteiger partial charge is 0.511 e. The summed E-state index contributed by atoms with van der Waals surface area (Å²) in [5, 5.41) is 10.2. The first-order valence-corrected chi connectivity index (χ1v) is 9.12. The van der Waals surface area contributed by atoms with Crippen molar-refractivity contribution in [2.75, 3.05) is 27.4 Å². The molecule has 0 fully saturated rings. The van der Waals surface area contributed by atoms with E-state index in [1.54, 1.807) is 13.8 Å². The number of hydrogen-bond donors (Lipinski definition) is 1. The van der Waals surface area contributed by atoms with Crippen molar-refractivity contribution in [2.24, 2.45) is 0 Å². The van der Waals surface area contributed by atoms with Crippen LogP contribution in [0, 0.1) is 0 Å². The number of carbonyl (C=O) groups excluding carboxylic acids is 2. The maximum absolute atomic E-state index is 13.1. The highest BCUT2D eigenvalue weighted by molar-refractivity contribution is 7.58. The molecule has 136 valence electrons. The van der Waals surface area contributed by atoms with Crippen LogP contribution in [-0.2, 0) is 32.7 Å². The highest BCUT2D eigenvalue weighted by atomic mass is 31.2. The zero-order valence-corrected chi connectivity index (χ0v) is 15.2. The minimum Gasteiger partial charge on any atom is -0.511 e. The Balaban J connectivity index is 3.72. The van der Waals surface area contributed by atoms with Gasteiger partial charge in [-0.05, 0) is 26.7 Å². The van der Waals surface area contributed by atoms with Gasteiger partial charge in [0, 0.05) is 6.42 Å². The zero-order valence-electron chi connectivity index (χ0n) is 14.3. The maximum atomic E-state index is 13.1. The fourth-order valence-electron chi connectivity index (χ4n) is 2.41. The van der Waals surface area contributed by atoms with E-state index in [0.717, 1.165) is 14.2 Å². The molecule has 8 nitrogen and oxygen atoms in total. The van der Waals surface area contributed by atoms with Crippen LogP contribution in [0.25, 0.3) is 0 Å². The first-order valence-electron chi connectivity index (χ1n) is 7.58. The van der Waals surface area contributed by atoms with Gasteiger partial charge in [-0.1, -0.05) is 0 Å². The van der Waals surface area contributed by atoms with Gasteiger partial charge >= 0.3 is 19.5 Å². The molecule has 0 bridgehead atoms. The summed E-state index contributed by atoms with van der Waals surface area (Å²) in [6.07, 6.45) is 0.616. The Labute approximate surface area is 140 Å². The Morgan fingerprint density at radius 2 is 1.50 bits per heavy atom. The summed E-state index contributed by atoms with van der Waals surface area (Å²) in [6, 6.07) is 0. The molecule has 0 aromatic heterocycles. The molecule has 0 saturated heterocycles. The lowest BCUT2D eigenvalue weighted by atomic mass is 10.0. The van der Waals surface area contributed by atoms with Crippen molar-refractivity contribution in [1.29, 1.82) is 0 Å². The molecule has 0 heterocycles. The Morgan fingerprint density at radius 3 is 1.96 bits per heavy atom. The average molecular weight is 362 g/mol. The van der Waals surface area contributed by atoms with Gasteiger partial charge in [-0.2, -0.15) is 0 Å². The third-order valence-electron chi connectivity index (χ3n) is 3.36. The van der Waals surface area contributed by atoms with E-state index in [1.165, 1.54) is 0 Å². The van der Waals surface area contributed by atoms with Crippen molar-refractivity contribution in [3.05, 3.63) is 22.2 Å². The van der Waals surface area contributed by atoms with Gasteiger partial charge in [0.25, 0.3) is 0 Å². The number of aliphatic hydroxyl groups is 1. The quantitative estimate of drug-likeness (QED) is 0.544. The molecule has 0 aliphatic heterocycles. The lowest BCUT2D eigenvalue weighted by Crippen LogP contribution is -2.19. The SMILES string of the molecule is CCOP(=O)(OCC)C1=C(C(=O)OC)C(C(=O)OC)=C(O)CCC1. The van der Waals surface area contributed by atoms with E-state index in [0.29, 0.717) is 6.42 Å². The zero-order chi connectivity index (χ0) is 18.3. The highest BCUT2D eigenvalue weighted by Gasteiger charge is 2.40. The molecule has 1 aliphatic rings. The first-order chi connectivity index (χ1) is 11.4. The molecule has 0 aromatic carbocycles. The first kappa shape index (κ1) is 20.4. The standard InChI is InChI=1S/C15H23O8P/c1-5-22-24(19,23-6-2)11-9-7-8-10(16)12(14(17)20-3)13(11)15(18)21-4/h16H,5-9H2,1-4H3. The van der Waals surface area contributed by atoms with Crippen LogP contribution in [0.3, 0.4) is 0 Å². The van der Waals surface area contributed by atoms with Crippen LogP contribution in [0.15, 0.2) is 22.2 Å². The van der Waals surface area contributed by atoms with Crippen molar-refractivity contribution in [1.82, 2.24) is 0 Å². The molecule has 0 unspecified atom stereocenters. The minimum absolute atomic E-state index is 0.0162. The molecule has 0 saturated carbocycles. The van der Waals surface area contributed by atoms with Gasteiger partial charge in [0.05, 0.1) is 38.3 Å². The van der Waals surface area contributed by atoms with Crippen molar-refractivity contribution >= 4 is 19.5 Å². The number of aliphatic hydroxyl groups excluding tert-OH is 1. The van der Waals surface area contributed by atoms with E-state index < -0.39 is 19.5 Å². The predicted molar refractivity (Wildman–Crippen MR) is 85.4 cm³/mol. The monoisotopic (exact) mass is 362 g/mol. The van der Waals surface area contributed by atoms with Crippen LogP contribution in [0.2, 0.25) is 0 Å². The number of allylic oxidation sites excluding steroid dienone is 2. The normalized spacial score (nSPS) is 16.0. The van der Waals surface area contributed by atoms with Gasteiger partial charge in [-0.25, -0.2) is 9.59 Å². The van der Waals surface area contributed by atoms with Crippen LogP contribution in [0.5, 0.6) is 0 Å². The number of esters is 2.